The smallest absolute Gasteiger partial charge is 0.142 e. The summed E-state index contributed by atoms with van der Waals surface area (Å²) in [5.41, 5.74) is 6.40. The SMILES string of the molecule is Nc1ccccc1OCCOCCOc1ccccc1. The van der Waals surface area contributed by atoms with E-state index < -0.39 is 0 Å². The van der Waals surface area contributed by atoms with Crippen molar-refractivity contribution in [1.82, 2.24) is 0 Å². The maximum Gasteiger partial charge on any atom is 0.142 e. The Morgan fingerprint density at radius 2 is 1.35 bits per heavy atom. The molecule has 0 aliphatic carbocycles. The van der Waals surface area contributed by atoms with Crippen molar-refractivity contribution in [2.75, 3.05) is 32.2 Å². The summed E-state index contributed by atoms with van der Waals surface area (Å²) >= 11 is 0. The summed E-state index contributed by atoms with van der Waals surface area (Å²) in [7, 11) is 0. The van der Waals surface area contributed by atoms with Crippen LogP contribution in [0, 0.1) is 0 Å². The van der Waals surface area contributed by atoms with Gasteiger partial charge < -0.3 is 19.9 Å². The second kappa shape index (κ2) is 8.07. The lowest BCUT2D eigenvalue weighted by molar-refractivity contribution is 0.0766. The molecule has 0 aromatic heterocycles. The van der Waals surface area contributed by atoms with Crippen LogP contribution in [0.3, 0.4) is 0 Å². The molecule has 106 valence electrons. The molecule has 0 radical (unpaired) electrons. The van der Waals surface area contributed by atoms with Crippen LogP contribution < -0.4 is 15.2 Å². The molecule has 0 unspecified atom stereocenters. The fourth-order valence-corrected chi connectivity index (χ4v) is 1.66. The fraction of sp³-hybridized carbons (Fsp3) is 0.250. The lowest BCUT2D eigenvalue weighted by atomic mass is 10.3. The number of rotatable bonds is 8. The van der Waals surface area contributed by atoms with Gasteiger partial charge in [-0.05, 0) is 24.3 Å². The Kier molecular flexibility index (Phi) is 5.73. The molecule has 0 fully saturated rings. The minimum Gasteiger partial charge on any atom is -0.491 e. The van der Waals surface area contributed by atoms with Crippen molar-refractivity contribution in [2.45, 2.75) is 0 Å². The predicted molar refractivity (Wildman–Crippen MR) is 79.1 cm³/mol. The van der Waals surface area contributed by atoms with Gasteiger partial charge >= 0.3 is 0 Å². The van der Waals surface area contributed by atoms with Crippen LogP contribution in [0.25, 0.3) is 0 Å². The van der Waals surface area contributed by atoms with Gasteiger partial charge in [0.2, 0.25) is 0 Å². The zero-order valence-electron chi connectivity index (χ0n) is 11.3. The minimum absolute atomic E-state index is 0.472. The van der Waals surface area contributed by atoms with E-state index in [4.69, 9.17) is 19.9 Å². The Labute approximate surface area is 119 Å². The third-order valence-electron chi connectivity index (χ3n) is 2.64. The molecule has 0 atom stereocenters. The van der Waals surface area contributed by atoms with Gasteiger partial charge in [0, 0.05) is 0 Å². The summed E-state index contributed by atoms with van der Waals surface area (Å²) in [6.45, 7) is 2.03. The Hall–Kier alpha value is -2.20. The van der Waals surface area contributed by atoms with Crippen LogP contribution in [0.2, 0.25) is 0 Å². The van der Waals surface area contributed by atoms with Gasteiger partial charge in [-0.3, -0.25) is 0 Å². The van der Waals surface area contributed by atoms with Gasteiger partial charge in [0.05, 0.1) is 18.9 Å². The highest BCUT2D eigenvalue weighted by atomic mass is 16.5. The standard InChI is InChI=1S/C16H19NO3/c17-15-8-4-5-9-16(15)20-13-11-18-10-12-19-14-6-2-1-3-7-14/h1-9H,10-13,17H2. The highest BCUT2D eigenvalue weighted by molar-refractivity contribution is 5.51. The van der Waals surface area contributed by atoms with E-state index in [1.54, 1.807) is 0 Å². The average Bonchev–Trinajstić information content (AvgIpc) is 2.49. The molecule has 0 amide bonds. The van der Waals surface area contributed by atoms with Crippen molar-refractivity contribution < 1.29 is 14.2 Å². The molecule has 2 N–H and O–H groups in total. The number of nitrogens with two attached hydrogens (primary N) is 1. The van der Waals surface area contributed by atoms with Crippen molar-refractivity contribution in [1.29, 1.82) is 0 Å². The average molecular weight is 273 g/mol. The number of nitrogen functional groups attached to an aromatic ring is 1. The first kappa shape index (κ1) is 14.2. The molecule has 0 aliphatic heterocycles. The topological polar surface area (TPSA) is 53.7 Å². The van der Waals surface area contributed by atoms with E-state index >= 15 is 0 Å². The second-order valence-corrected chi connectivity index (χ2v) is 4.16. The van der Waals surface area contributed by atoms with Crippen LogP contribution in [-0.2, 0) is 4.74 Å². The minimum atomic E-state index is 0.472. The van der Waals surface area contributed by atoms with E-state index in [0.717, 1.165) is 5.75 Å². The number of benzene rings is 2. The first-order chi connectivity index (χ1) is 9.86. The van der Waals surface area contributed by atoms with Gasteiger partial charge in [0.15, 0.2) is 0 Å². The first-order valence-corrected chi connectivity index (χ1v) is 6.59. The van der Waals surface area contributed by atoms with Crippen LogP contribution in [0.5, 0.6) is 11.5 Å². The molecule has 20 heavy (non-hydrogen) atoms. The molecule has 2 aromatic carbocycles. The van der Waals surface area contributed by atoms with Crippen molar-refractivity contribution in [3.63, 3.8) is 0 Å². The first-order valence-electron chi connectivity index (χ1n) is 6.59. The Bertz CT molecular complexity index is 502. The van der Waals surface area contributed by atoms with E-state index in [9.17, 15) is 0 Å². The van der Waals surface area contributed by atoms with Crippen molar-refractivity contribution in [3.05, 3.63) is 54.6 Å². The van der Waals surface area contributed by atoms with Crippen molar-refractivity contribution in [3.8, 4) is 11.5 Å². The Morgan fingerprint density at radius 1 is 0.700 bits per heavy atom. The van der Waals surface area contributed by atoms with Crippen molar-refractivity contribution in [2.24, 2.45) is 0 Å². The number of hydrogen-bond donors (Lipinski definition) is 1. The molecule has 0 bridgehead atoms. The van der Waals surface area contributed by atoms with E-state index in [1.807, 2.05) is 54.6 Å². The lowest BCUT2D eigenvalue weighted by Crippen LogP contribution is -2.12. The summed E-state index contributed by atoms with van der Waals surface area (Å²) in [6.07, 6.45) is 0. The molecule has 0 saturated carbocycles. The molecular formula is C16H19NO3. The molecule has 2 aromatic rings. The highest BCUT2D eigenvalue weighted by Gasteiger charge is 1.98. The van der Waals surface area contributed by atoms with E-state index in [1.165, 1.54) is 0 Å². The number of hydrogen-bond acceptors (Lipinski definition) is 4. The Balaban J connectivity index is 1.53. The van der Waals surface area contributed by atoms with E-state index in [0.29, 0.717) is 37.9 Å². The van der Waals surface area contributed by atoms with Crippen LogP contribution >= 0.6 is 0 Å². The van der Waals surface area contributed by atoms with Crippen LogP contribution in [0.1, 0.15) is 0 Å². The van der Waals surface area contributed by atoms with E-state index in [-0.39, 0.29) is 0 Å². The van der Waals surface area contributed by atoms with Crippen LogP contribution in [-0.4, -0.2) is 26.4 Å². The molecule has 0 heterocycles. The van der Waals surface area contributed by atoms with Crippen LogP contribution in [0.15, 0.2) is 54.6 Å². The Morgan fingerprint density at radius 3 is 2.10 bits per heavy atom. The summed E-state index contributed by atoms with van der Waals surface area (Å²) in [4.78, 5) is 0. The summed E-state index contributed by atoms with van der Waals surface area (Å²) in [5, 5.41) is 0. The van der Waals surface area contributed by atoms with Gasteiger partial charge in [-0.15, -0.1) is 0 Å². The number of anilines is 1. The van der Waals surface area contributed by atoms with Gasteiger partial charge in [-0.2, -0.15) is 0 Å². The zero-order chi connectivity index (χ0) is 14.0. The number of ether oxygens (including phenoxy) is 3. The maximum atomic E-state index is 5.76. The third-order valence-corrected chi connectivity index (χ3v) is 2.64. The van der Waals surface area contributed by atoms with Gasteiger partial charge in [-0.1, -0.05) is 30.3 Å². The van der Waals surface area contributed by atoms with Crippen molar-refractivity contribution >= 4 is 5.69 Å². The monoisotopic (exact) mass is 273 g/mol. The van der Waals surface area contributed by atoms with E-state index in [2.05, 4.69) is 0 Å². The molecule has 0 aliphatic rings. The van der Waals surface area contributed by atoms with Gasteiger partial charge in [0.1, 0.15) is 24.7 Å². The summed E-state index contributed by atoms with van der Waals surface area (Å²) in [5.74, 6) is 1.54. The lowest BCUT2D eigenvalue weighted by Gasteiger charge is -2.09. The molecule has 4 nitrogen and oxygen atoms in total. The number of para-hydroxylation sites is 3. The molecule has 4 heteroatoms. The second-order valence-electron chi connectivity index (χ2n) is 4.16. The highest BCUT2D eigenvalue weighted by Crippen LogP contribution is 2.19. The van der Waals surface area contributed by atoms with Gasteiger partial charge in [-0.25, -0.2) is 0 Å². The van der Waals surface area contributed by atoms with Gasteiger partial charge in [0.25, 0.3) is 0 Å². The molecule has 0 saturated heterocycles. The largest absolute Gasteiger partial charge is 0.491 e. The molecule has 0 spiro atoms. The normalized spacial score (nSPS) is 10.2. The molecular weight excluding hydrogens is 254 g/mol. The third kappa shape index (κ3) is 4.82. The maximum absolute atomic E-state index is 5.76. The molecule has 2 rings (SSSR count). The summed E-state index contributed by atoms with van der Waals surface area (Å²) in [6, 6.07) is 17.1. The summed E-state index contributed by atoms with van der Waals surface area (Å²) < 4.78 is 16.4. The van der Waals surface area contributed by atoms with Crippen LogP contribution in [0.4, 0.5) is 5.69 Å². The fourth-order valence-electron chi connectivity index (χ4n) is 1.66. The quantitative estimate of drug-likeness (QED) is 0.593. The predicted octanol–water partition coefficient (Wildman–Crippen LogP) is 2.74. The zero-order valence-corrected chi connectivity index (χ0v) is 11.3.